The smallest absolute Gasteiger partial charge is 0.212 e. The lowest BCUT2D eigenvalue weighted by Crippen LogP contribution is -2.29. The van der Waals surface area contributed by atoms with Gasteiger partial charge in [-0.1, -0.05) is 6.42 Å². The molecule has 0 aromatic carbocycles. The SMILES string of the molecule is NC(=NCC1CCCCS1)NO. The molecule has 4 N–H and O–H groups in total. The molecule has 0 spiro atoms. The summed E-state index contributed by atoms with van der Waals surface area (Å²) in [7, 11) is 0. The first-order chi connectivity index (χ1) is 5.83. The van der Waals surface area contributed by atoms with Crippen LogP contribution in [0.25, 0.3) is 0 Å². The molecule has 0 aromatic rings. The van der Waals surface area contributed by atoms with Gasteiger partial charge in [0.1, 0.15) is 0 Å². The number of hydrogen-bond donors (Lipinski definition) is 3. The highest BCUT2D eigenvalue weighted by atomic mass is 32.2. The highest BCUT2D eigenvalue weighted by Crippen LogP contribution is 2.24. The van der Waals surface area contributed by atoms with E-state index in [4.69, 9.17) is 10.9 Å². The van der Waals surface area contributed by atoms with Crippen LogP contribution in [0, 0.1) is 0 Å². The fraction of sp³-hybridized carbons (Fsp3) is 0.857. The van der Waals surface area contributed by atoms with Crippen molar-refractivity contribution in [3.05, 3.63) is 0 Å². The molecule has 1 unspecified atom stereocenters. The van der Waals surface area contributed by atoms with E-state index in [9.17, 15) is 0 Å². The van der Waals surface area contributed by atoms with Crippen LogP contribution in [0.2, 0.25) is 0 Å². The summed E-state index contributed by atoms with van der Waals surface area (Å²) in [4.78, 5) is 3.98. The third-order valence-electron chi connectivity index (χ3n) is 1.85. The van der Waals surface area contributed by atoms with Crippen molar-refractivity contribution in [2.75, 3.05) is 12.3 Å². The summed E-state index contributed by atoms with van der Waals surface area (Å²) in [6.07, 6.45) is 3.82. The van der Waals surface area contributed by atoms with Gasteiger partial charge in [-0.25, -0.2) is 5.48 Å². The van der Waals surface area contributed by atoms with E-state index in [0.29, 0.717) is 11.8 Å². The van der Waals surface area contributed by atoms with Crippen molar-refractivity contribution in [3.63, 3.8) is 0 Å². The molecule has 70 valence electrons. The van der Waals surface area contributed by atoms with Crippen LogP contribution in [0.15, 0.2) is 4.99 Å². The maximum absolute atomic E-state index is 8.35. The average molecular weight is 189 g/mol. The molecule has 1 aliphatic heterocycles. The highest BCUT2D eigenvalue weighted by Gasteiger charge is 2.12. The number of nitrogens with two attached hydrogens (primary N) is 1. The van der Waals surface area contributed by atoms with Crippen molar-refractivity contribution in [2.45, 2.75) is 24.5 Å². The summed E-state index contributed by atoms with van der Waals surface area (Å²) >= 11 is 1.94. The monoisotopic (exact) mass is 189 g/mol. The van der Waals surface area contributed by atoms with E-state index in [-0.39, 0.29) is 5.96 Å². The van der Waals surface area contributed by atoms with Crippen molar-refractivity contribution >= 4 is 17.7 Å². The van der Waals surface area contributed by atoms with Gasteiger partial charge in [0.15, 0.2) is 0 Å². The fourth-order valence-electron chi connectivity index (χ4n) is 1.19. The zero-order valence-electron chi connectivity index (χ0n) is 6.99. The van der Waals surface area contributed by atoms with E-state index in [2.05, 4.69) is 4.99 Å². The quantitative estimate of drug-likeness (QED) is 0.337. The fourth-order valence-corrected chi connectivity index (χ4v) is 2.40. The van der Waals surface area contributed by atoms with Gasteiger partial charge < -0.3 is 5.73 Å². The molecule has 1 rings (SSSR count). The van der Waals surface area contributed by atoms with Gasteiger partial charge in [0, 0.05) is 5.25 Å². The van der Waals surface area contributed by atoms with Crippen molar-refractivity contribution in [2.24, 2.45) is 10.7 Å². The molecule has 4 nitrogen and oxygen atoms in total. The Hall–Kier alpha value is -0.420. The first-order valence-electron chi connectivity index (χ1n) is 4.14. The van der Waals surface area contributed by atoms with Gasteiger partial charge in [0.2, 0.25) is 5.96 Å². The van der Waals surface area contributed by atoms with Crippen molar-refractivity contribution < 1.29 is 5.21 Å². The number of thioether (sulfide) groups is 1. The third kappa shape index (κ3) is 3.32. The highest BCUT2D eigenvalue weighted by molar-refractivity contribution is 7.99. The predicted molar refractivity (Wildman–Crippen MR) is 51.5 cm³/mol. The number of nitrogens with zero attached hydrogens (tertiary/aromatic N) is 1. The largest absolute Gasteiger partial charge is 0.368 e. The Balaban J connectivity index is 2.21. The predicted octanol–water partition coefficient (Wildman–Crippen LogP) is 0.566. The minimum absolute atomic E-state index is 0.112. The number of nitrogens with one attached hydrogen (secondary N) is 1. The van der Waals surface area contributed by atoms with Crippen molar-refractivity contribution in [3.8, 4) is 0 Å². The molecule has 0 radical (unpaired) electrons. The van der Waals surface area contributed by atoms with Gasteiger partial charge >= 0.3 is 0 Å². The maximum atomic E-state index is 8.35. The van der Waals surface area contributed by atoms with E-state index in [1.165, 1.54) is 25.0 Å². The standard InChI is InChI=1S/C7H15N3OS/c8-7(10-11)9-5-6-3-1-2-4-12-6/h6,11H,1-5H2,(H3,8,9,10). The normalized spacial score (nSPS) is 25.4. The van der Waals surface area contributed by atoms with Crippen LogP contribution in [-0.4, -0.2) is 28.7 Å². The third-order valence-corrected chi connectivity index (χ3v) is 3.23. The number of guanidine groups is 1. The van der Waals surface area contributed by atoms with Gasteiger partial charge in [-0.3, -0.25) is 10.2 Å². The number of hydrogen-bond acceptors (Lipinski definition) is 3. The number of rotatable bonds is 2. The molecule has 1 atom stereocenters. The van der Waals surface area contributed by atoms with E-state index < -0.39 is 0 Å². The van der Waals surface area contributed by atoms with Gasteiger partial charge in [0.05, 0.1) is 6.54 Å². The van der Waals surface area contributed by atoms with Crippen LogP contribution < -0.4 is 11.2 Å². The summed E-state index contributed by atoms with van der Waals surface area (Å²) in [5.41, 5.74) is 7.09. The second-order valence-corrected chi connectivity index (χ2v) is 4.23. The second kappa shape index (κ2) is 5.27. The molecule has 0 amide bonds. The van der Waals surface area contributed by atoms with Gasteiger partial charge in [-0.05, 0) is 18.6 Å². The molecular weight excluding hydrogens is 174 g/mol. The topological polar surface area (TPSA) is 70.6 Å². The first kappa shape index (κ1) is 9.67. The molecule has 0 bridgehead atoms. The molecule has 5 heteroatoms. The summed E-state index contributed by atoms with van der Waals surface area (Å²) in [6.45, 7) is 0.712. The molecule has 1 fully saturated rings. The molecule has 0 aliphatic carbocycles. The first-order valence-corrected chi connectivity index (χ1v) is 5.19. The van der Waals surface area contributed by atoms with Crippen molar-refractivity contribution in [1.82, 2.24) is 5.48 Å². The van der Waals surface area contributed by atoms with E-state index in [0.717, 1.165) is 0 Å². The zero-order chi connectivity index (χ0) is 8.81. The Kier molecular flexibility index (Phi) is 4.24. The molecule has 1 saturated heterocycles. The molecule has 0 saturated carbocycles. The minimum atomic E-state index is 0.112. The van der Waals surface area contributed by atoms with Crippen LogP contribution in [0.3, 0.4) is 0 Å². The lowest BCUT2D eigenvalue weighted by Gasteiger charge is -2.19. The minimum Gasteiger partial charge on any atom is -0.368 e. The van der Waals surface area contributed by atoms with Gasteiger partial charge in [-0.15, -0.1) is 0 Å². The average Bonchev–Trinajstić information content (AvgIpc) is 2.16. The Morgan fingerprint density at radius 1 is 1.67 bits per heavy atom. The molecule has 0 aromatic heterocycles. The Morgan fingerprint density at radius 2 is 2.50 bits per heavy atom. The van der Waals surface area contributed by atoms with E-state index in [1.54, 1.807) is 0 Å². The molecular formula is C7H15N3OS. The summed E-state index contributed by atoms with van der Waals surface area (Å²) in [5.74, 6) is 1.34. The summed E-state index contributed by atoms with van der Waals surface area (Å²) in [5, 5.41) is 8.94. The van der Waals surface area contributed by atoms with Crippen LogP contribution >= 0.6 is 11.8 Å². The summed E-state index contributed by atoms with van der Waals surface area (Å²) < 4.78 is 0. The van der Waals surface area contributed by atoms with Crippen LogP contribution in [0.4, 0.5) is 0 Å². The van der Waals surface area contributed by atoms with Gasteiger partial charge in [0.25, 0.3) is 0 Å². The zero-order valence-corrected chi connectivity index (χ0v) is 7.81. The van der Waals surface area contributed by atoms with Crippen LogP contribution in [0.5, 0.6) is 0 Å². The lowest BCUT2D eigenvalue weighted by atomic mass is 10.2. The van der Waals surface area contributed by atoms with Crippen molar-refractivity contribution in [1.29, 1.82) is 0 Å². The Labute approximate surface area is 76.6 Å². The van der Waals surface area contributed by atoms with E-state index in [1.807, 2.05) is 17.2 Å². The molecule has 1 heterocycles. The number of hydroxylamine groups is 1. The maximum Gasteiger partial charge on any atom is 0.212 e. The molecule has 1 aliphatic rings. The Bertz CT molecular complexity index is 157. The lowest BCUT2D eigenvalue weighted by molar-refractivity contribution is 0.232. The number of aliphatic imine (C=N–C) groups is 1. The van der Waals surface area contributed by atoms with Crippen LogP contribution in [0.1, 0.15) is 19.3 Å². The van der Waals surface area contributed by atoms with E-state index >= 15 is 0 Å². The summed E-state index contributed by atoms with van der Waals surface area (Å²) in [6, 6.07) is 0. The van der Waals surface area contributed by atoms with Crippen LogP contribution in [-0.2, 0) is 0 Å². The Morgan fingerprint density at radius 3 is 3.08 bits per heavy atom. The molecule has 12 heavy (non-hydrogen) atoms. The second-order valence-electron chi connectivity index (χ2n) is 2.83. The van der Waals surface area contributed by atoms with Gasteiger partial charge in [-0.2, -0.15) is 11.8 Å².